The van der Waals surface area contributed by atoms with Gasteiger partial charge in [-0.25, -0.2) is 0 Å². The topological polar surface area (TPSA) is 30.5 Å². The fourth-order valence-corrected chi connectivity index (χ4v) is 2.56. The van der Waals surface area contributed by atoms with E-state index in [0.717, 1.165) is 25.5 Å². The van der Waals surface area contributed by atoms with E-state index in [9.17, 15) is 22.0 Å². The van der Waals surface area contributed by atoms with Crippen LogP contribution in [0.5, 0.6) is 11.5 Å². The lowest BCUT2D eigenvalue weighted by atomic mass is 10.0. The van der Waals surface area contributed by atoms with Gasteiger partial charge in [-0.05, 0) is 43.5 Å². The minimum atomic E-state index is -4.80. The van der Waals surface area contributed by atoms with Gasteiger partial charge in [-0.3, -0.25) is 0 Å². The van der Waals surface area contributed by atoms with E-state index in [4.69, 9.17) is 4.74 Å². The van der Waals surface area contributed by atoms with Gasteiger partial charge >= 0.3 is 12.8 Å². The normalized spacial score (nSPS) is 18.8. The second kappa shape index (κ2) is 6.68. The molecule has 1 heterocycles. The summed E-state index contributed by atoms with van der Waals surface area (Å²) >= 11 is 0. The van der Waals surface area contributed by atoms with Crippen molar-refractivity contribution in [3.8, 4) is 11.5 Å². The van der Waals surface area contributed by atoms with Gasteiger partial charge in [0.1, 0.15) is 17.1 Å². The molecule has 8 heteroatoms. The van der Waals surface area contributed by atoms with Crippen molar-refractivity contribution in [1.82, 2.24) is 5.32 Å². The van der Waals surface area contributed by atoms with Gasteiger partial charge in [0.05, 0.1) is 7.11 Å². The van der Waals surface area contributed by atoms with Crippen molar-refractivity contribution in [2.24, 2.45) is 0 Å². The zero-order valence-electron chi connectivity index (χ0n) is 11.8. The van der Waals surface area contributed by atoms with Gasteiger partial charge in [0, 0.05) is 6.04 Å². The third kappa shape index (κ3) is 4.00. The van der Waals surface area contributed by atoms with Crippen LogP contribution in [0.3, 0.4) is 0 Å². The van der Waals surface area contributed by atoms with Gasteiger partial charge in [-0.2, -0.15) is 22.0 Å². The average molecular weight is 325 g/mol. The van der Waals surface area contributed by atoms with Crippen molar-refractivity contribution < 1.29 is 31.4 Å². The smallest absolute Gasteiger partial charge is 0.420 e. The molecule has 124 valence electrons. The molecule has 1 N–H and O–H groups in total. The summed E-state index contributed by atoms with van der Waals surface area (Å²) in [6, 6.07) is 1.79. The van der Waals surface area contributed by atoms with Crippen LogP contribution in [0.2, 0.25) is 0 Å². The highest BCUT2D eigenvalue weighted by atomic mass is 19.4. The van der Waals surface area contributed by atoms with E-state index < -0.39 is 24.1 Å². The molecule has 0 aromatic heterocycles. The summed E-state index contributed by atoms with van der Waals surface area (Å²) in [5.41, 5.74) is -0.863. The number of benzene rings is 1. The number of hydrogen-bond acceptors (Lipinski definition) is 3. The van der Waals surface area contributed by atoms with E-state index in [1.807, 2.05) is 0 Å². The molecule has 0 spiro atoms. The van der Waals surface area contributed by atoms with Gasteiger partial charge in [0.25, 0.3) is 0 Å². The molecule has 3 nitrogen and oxygen atoms in total. The molecule has 0 saturated carbocycles. The molecular formula is C14H16F5NO2. The molecule has 1 aliphatic heterocycles. The van der Waals surface area contributed by atoms with Crippen LogP contribution in [-0.4, -0.2) is 26.3 Å². The molecule has 1 fully saturated rings. The average Bonchev–Trinajstić information content (AvgIpc) is 2.89. The molecule has 1 aliphatic rings. The maximum atomic E-state index is 13.0. The van der Waals surface area contributed by atoms with Gasteiger partial charge in [-0.15, -0.1) is 0 Å². The summed E-state index contributed by atoms with van der Waals surface area (Å²) in [6.07, 6.45) is -2.58. The molecule has 2 rings (SSSR count). The number of alkyl halides is 5. The first-order chi connectivity index (χ1) is 10.3. The number of rotatable bonds is 5. The molecule has 1 saturated heterocycles. The fourth-order valence-electron chi connectivity index (χ4n) is 2.56. The quantitative estimate of drug-likeness (QED) is 0.839. The van der Waals surface area contributed by atoms with Gasteiger partial charge in [0.15, 0.2) is 0 Å². The van der Waals surface area contributed by atoms with E-state index >= 15 is 0 Å². The first-order valence-electron chi connectivity index (χ1n) is 6.77. The summed E-state index contributed by atoms with van der Waals surface area (Å²) in [4.78, 5) is 0. The Morgan fingerprint density at radius 1 is 1.27 bits per heavy atom. The lowest BCUT2D eigenvalue weighted by Gasteiger charge is -2.19. The third-order valence-corrected chi connectivity index (χ3v) is 3.53. The Labute approximate surface area is 124 Å². The highest BCUT2D eigenvalue weighted by Crippen LogP contribution is 2.41. The summed E-state index contributed by atoms with van der Waals surface area (Å²) in [5, 5.41) is 3.19. The van der Waals surface area contributed by atoms with Crippen molar-refractivity contribution in [3.63, 3.8) is 0 Å². The molecule has 0 aliphatic carbocycles. The molecule has 0 amide bonds. The van der Waals surface area contributed by atoms with Gasteiger partial charge in [-0.1, -0.05) is 0 Å². The maximum Gasteiger partial charge on any atom is 0.420 e. The number of methoxy groups -OCH3 is 1. The lowest BCUT2D eigenvalue weighted by molar-refractivity contribution is -0.142. The van der Waals surface area contributed by atoms with Crippen LogP contribution >= 0.6 is 0 Å². The van der Waals surface area contributed by atoms with Crippen LogP contribution in [0.15, 0.2) is 12.1 Å². The predicted molar refractivity (Wildman–Crippen MR) is 69.4 cm³/mol. The Morgan fingerprint density at radius 2 is 2.00 bits per heavy atom. The standard InChI is InChI=1S/C14H16F5NO2/c1-21-11-7-10(14(17,18)19)12(22-13(15)16)6-8(11)5-9-3-2-4-20-9/h6-7,9,13,20H,2-5H2,1H3/t9-/m1/s1. The summed E-state index contributed by atoms with van der Waals surface area (Å²) < 4.78 is 72.7. The Hall–Kier alpha value is -1.57. The molecule has 1 aromatic rings. The Balaban J connectivity index is 2.39. The largest absolute Gasteiger partial charge is 0.496 e. The zero-order chi connectivity index (χ0) is 16.3. The SMILES string of the molecule is COc1cc(C(F)(F)F)c(OC(F)F)cc1C[C@H]1CCCN1. The maximum absolute atomic E-state index is 13.0. The number of ether oxygens (including phenoxy) is 2. The van der Waals surface area contributed by atoms with Crippen molar-refractivity contribution >= 4 is 0 Å². The number of nitrogens with one attached hydrogen (secondary N) is 1. The van der Waals surface area contributed by atoms with Crippen LogP contribution in [0, 0.1) is 0 Å². The molecule has 0 bridgehead atoms. The summed E-state index contributed by atoms with van der Waals surface area (Å²) in [5.74, 6) is -0.862. The van der Waals surface area contributed by atoms with Crippen LogP contribution in [0.1, 0.15) is 24.0 Å². The van der Waals surface area contributed by atoms with E-state index in [0.29, 0.717) is 18.1 Å². The molecule has 1 aromatic carbocycles. The van der Waals surface area contributed by atoms with Crippen LogP contribution in [0.4, 0.5) is 22.0 Å². The predicted octanol–water partition coefficient (Wildman–Crippen LogP) is 3.61. The van der Waals surface area contributed by atoms with E-state index in [1.165, 1.54) is 7.11 Å². The molecule has 1 atom stereocenters. The molecule has 0 unspecified atom stereocenters. The second-order valence-electron chi connectivity index (χ2n) is 5.03. The monoisotopic (exact) mass is 325 g/mol. The van der Waals surface area contributed by atoms with E-state index in [-0.39, 0.29) is 11.8 Å². The number of halogens is 5. The van der Waals surface area contributed by atoms with E-state index in [2.05, 4.69) is 10.1 Å². The highest BCUT2D eigenvalue weighted by molar-refractivity contribution is 5.48. The third-order valence-electron chi connectivity index (χ3n) is 3.53. The first kappa shape index (κ1) is 16.8. The lowest BCUT2D eigenvalue weighted by Crippen LogP contribution is -2.24. The minimum Gasteiger partial charge on any atom is -0.496 e. The van der Waals surface area contributed by atoms with Crippen LogP contribution in [-0.2, 0) is 12.6 Å². The van der Waals surface area contributed by atoms with Crippen molar-refractivity contribution in [3.05, 3.63) is 23.3 Å². The summed E-state index contributed by atoms with van der Waals surface area (Å²) in [7, 11) is 1.24. The molecule has 0 radical (unpaired) electrons. The fraction of sp³-hybridized carbons (Fsp3) is 0.571. The Bertz CT molecular complexity index is 513. The van der Waals surface area contributed by atoms with Crippen molar-refractivity contribution in [2.75, 3.05) is 13.7 Å². The second-order valence-corrected chi connectivity index (χ2v) is 5.03. The van der Waals surface area contributed by atoms with Gasteiger partial charge in [0.2, 0.25) is 0 Å². The van der Waals surface area contributed by atoms with Gasteiger partial charge < -0.3 is 14.8 Å². The minimum absolute atomic E-state index is 0.0163. The summed E-state index contributed by atoms with van der Waals surface area (Å²) in [6.45, 7) is -2.50. The van der Waals surface area contributed by atoms with E-state index in [1.54, 1.807) is 0 Å². The highest BCUT2D eigenvalue weighted by Gasteiger charge is 2.36. The van der Waals surface area contributed by atoms with Crippen LogP contribution < -0.4 is 14.8 Å². The number of hydrogen-bond donors (Lipinski definition) is 1. The molecule has 22 heavy (non-hydrogen) atoms. The van der Waals surface area contributed by atoms with Crippen LogP contribution in [0.25, 0.3) is 0 Å². The zero-order valence-corrected chi connectivity index (χ0v) is 11.8. The Kier molecular flexibility index (Phi) is 5.10. The van der Waals surface area contributed by atoms with Crippen molar-refractivity contribution in [2.45, 2.75) is 38.1 Å². The Morgan fingerprint density at radius 3 is 2.50 bits per heavy atom. The first-order valence-corrected chi connectivity index (χ1v) is 6.77. The molecular weight excluding hydrogens is 309 g/mol. The van der Waals surface area contributed by atoms with Crippen molar-refractivity contribution in [1.29, 1.82) is 0 Å².